The molecule has 0 radical (unpaired) electrons. The van der Waals surface area contributed by atoms with Crippen molar-refractivity contribution < 1.29 is 23.1 Å². The van der Waals surface area contributed by atoms with E-state index in [9.17, 15) is 18.4 Å². The molecule has 0 saturated heterocycles. The molecule has 2 N–H and O–H groups in total. The number of nitrogens with one attached hydrogen (secondary N) is 2. The van der Waals surface area contributed by atoms with Crippen LogP contribution in [0.5, 0.6) is 0 Å². The van der Waals surface area contributed by atoms with Crippen LogP contribution >= 0.6 is 0 Å². The van der Waals surface area contributed by atoms with Crippen LogP contribution in [0, 0.1) is 11.6 Å². The molecule has 0 bridgehead atoms. The van der Waals surface area contributed by atoms with Gasteiger partial charge in [-0.15, -0.1) is 0 Å². The highest BCUT2D eigenvalue weighted by atomic mass is 19.1. The predicted molar refractivity (Wildman–Crippen MR) is 95.6 cm³/mol. The van der Waals surface area contributed by atoms with Gasteiger partial charge in [-0.1, -0.05) is 12.1 Å². The molecular formula is C19H18F2N2O3. The van der Waals surface area contributed by atoms with Crippen molar-refractivity contribution in [1.82, 2.24) is 0 Å². The molecule has 0 saturated carbocycles. The number of hydrogen-bond acceptors (Lipinski definition) is 4. The maximum Gasteiger partial charge on any atom is 0.330 e. The first-order chi connectivity index (χ1) is 12.5. The van der Waals surface area contributed by atoms with Crippen LogP contribution in [0.25, 0.3) is 6.08 Å². The number of rotatable bonds is 7. The quantitative estimate of drug-likeness (QED) is 0.585. The number of anilines is 2. The van der Waals surface area contributed by atoms with Gasteiger partial charge in [-0.25, -0.2) is 13.6 Å². The van der Waals surface area contributed by atoms with Gasteiger partial charge in [0.25, 0.3) is 0 Å². The highest BCUT2D eigenvalue weighted by Crippen LogP contribution is 2.15. The molecule has 0 aromatic heterocycles. The maximum absolute atomic E-state index is 13.5. The third-order valence-corrected chi connectivity index (χ3v) is 3.26. The Morgan fingerprint density at radius 1 is 1.12 bits per heavy atom. The van der Waals surface area contributed by atoms with Crippen LogP contribution in [-0.2, 0) is 14.3 Å². The number of esters is 1. The molecule has 1 amide bonds. The second kappa shape index (κ2) is 9.31. The molecule has 0 aliphatic rings. The summed E-state index contributed by atoms with van der Waals surface area (Å²) in [4.78, 5) is 23.1. The Morgan fingerprint density at radius 2 is 1.85 bits per heavy atom. The van der Waals surface area contributed by atoms with Gasteiger partial charge in [0, 0.05) is 17.8 Å². The standard InChI is InChI=1S/C19H18F2N2O3/c1-2-26-19(25)10-5-13-3-7-15(8-4-13)22-12-18(24)23-17-11-14(20)6-9-16(17)21/h3-11,22H,2,12H2,1H3,(H,23,24)/b10-5+. The van der Waals surface area contributed by atoms with E-state index in [1.807, 2.05) is 0 Å². The van der Waals surface area contributed by atoms with Gasteiger partial charge in [0.15, 0.2) is 0 Å². The molecule has 0 spiro atoms. The number of hydrogen-bond donors (Lipinski definition) is 2. The lowest BCUT2D eigenvalue weighted by atomic mass is 10.2. The van der Waals surface area contributed by atoms with Gasteiger partial charge in [-0.2, -0.15) is 0 Å². The summed E-state index contributed by atoms with van der Waals surface area (Å²) in [7, 11) is 0. The Bertz CT molecular complexity index is 805. The topological polar surface area (TPSA) is 67.4 Å². The van der Waals surface area contributed by atoms with Gasteiger partial charge >= 0.3 is 5.97 Å². The average Bonchev–Trinajstić information content (AvgIpc) is 2.62. The fourth-order valence-electron chi connectivity index (χ4n) is 2.04. The normalized spacial score (nSPS) is 10.6. The second-order valence-electron chi connectivity index (χ2n) is 5.23. The zero-order valence-corrected chi connectivity index (χ0v) is 14.1. The Morgan fingerprint density at radius 3 is 2.54 bits per heavy atom. The molecule has 0 heterocycles. The largest absolute Gasteiger partial charge is 0.463 e. The van der Waals surface area contributed by atoms with Crippen LogP contribution in [0.4, 0.5) is 20.2 Å². The minimum atomic E-state index is -0.711. The van der Waals surface area contributed by atoms with Crippen LogP contribution < -0.4 is 10.6 Å². The zero-order chi connectivity index (χ0) is 18.9. The van der Waals surface area contributed by atoms with Crippen LogP contribution in [0.1, 0.15) is 12.5 Å². The van der Waals surface area contributed by atoms with Gasteiger partial charge in [-0.3, -0.25) is 4.79 Å². The lowest BCUT2D eigenvalue weighted by Crippen LogP contribution is -2.22. The molecular weight excluding hydrogens is 342 g/mol. The number of amides is 1. The first-order valence-electron chi connectivity index (χ1n) is 7.91. The molecule has 0 aliphatic carbocycles. The van der Waals surface area contributed by atoms with Crippen molar-refractivity contribution in [3.05, 3.63) is 65.7 Å². The van der Waals surface area contributed by atoms with E-state index in [0.29, 0.717) is 12.3 Å². The smallest absolute Gasteiger partial charge is 0.330 e. The number of benzene rings is 2. The van der Waals surface area contributed by atoms with Crippen molar-refractivity contribution in [3.63, 3.8) is 0 Å². The molecule has 0 aliphatic heterocycles. The van der Waals surface area contributed by atoms with Crippen molar-refractivity contribution in [2.75, 3.05) is 23.8 Å². The van der Waals surface area contributed by atoms with Crippen LogP contribution in [0.2, 0.25) is 0 Å². The van der Waals surface area contributed by atoms with Crippen molar-refractivity contribution in [2.24, 2.45) is 0 Å². The lowest BCUT2D eigenvalue weighted by Gasteiger charge is -2.09. The molecule has 0 fully saturated rings. The molecule has 26 heavy (non-hydrogen) atoms. The number of carbonyl (C=O) groups is 2. The average molecular weight is 360 g/mol. The van der Waals surface area contributed by atoms with Gasteiger partial charge < -0.3 is 15.4 Å². The first kappa shape index (κ1) is 19.1. The molecule has 136 valence electrons. The van der Waals surface area contributed by atoms with Crippen molar-refractivity contribution in [1.29, 1.82) is 0 Å². The molecule has 2 aromatic rings. The Kier molecular flexibility index (Phi) is 6.84. The van der Waals surface area contributed by atoms with E-state index in [4.69, 9.17) is 4.74 Å². The summed E-state index contributed by atoms with van der Waals surface area (Å²) >= 11 is 0. The van der Waals surface area contributed by atoms with E-state index in [1.165, 1.54) is 6.08 Å². The minimum absolute atomic E-state index is 0.117. The molecule has 2 rings (SSSR count). The highest BCUT2D eigenvalue weighted by molar-refractivity contribution is 5.93. The monoisotopic (exact) mass is 360 g/mol. The lowest BCUT2D eigenvalue weighted by molar-refractivity contribution is -0.137. The summed E-state index contributed by atoms with van der Waals surface area (Å²) in [5.41, 5.74) is 1.24. The van der Waals surface area contributed by atoms with E-state index < -0.39 is 23.5 Å². The predicted octanol–water partition coefficient (Wildman–Crippen LogP) is 3.59. The van der Waals surface area contributed by atoms with E-state index >= 15 is 0 Å². The van der Waals surface area contributed by atoms with Crippen molar-refractivity contribution in [2.45, 2.75) is 6.92 Å². The molecule has 7 heteroatoms. The van der Waals surface area contributed by atoms with E-state index in [2.05, 4.69) is 10.6 Å². The first-order valence-corrected chi connectivity index (χ1v) is 7.91. The minimum Gasteiger partial charge on any atom is -0.463 e. The molecule has 0 atom stereocenters. The van der Waals surface area contributed by atoms with Crippen LogP contribution in [0.3, 0.4) is 0 Å². The van der Waals surface area contributed by atoms with E-state index in [-0.39, 0.29) is 12.2 Å². The summed E-state index contributed by atoms with van der Waals surface area (Å²) in [6.45, 7) is 1.92. The van der Waals surface area contributed by atoms with Crippen molar-refractivity contribution >= 4 is 29.3 Å². The number of ether oxygens (including phenoxy) is 1. The maximum atomic E-state index is 13.5. The summed E-state index contributed by atoms with van der Waals surface area (Å²) in [6.07, 6.45) is 2.94. The fourth-order valence-corrected chi connectivity index (χ4v) is 2.04. The van der Waals surface area contributed by atoms with E-state index in [0.717, 1.165) is 23.8 Å². The zero-order valence-electron chi connectivity index (χ0n) is 14.1. The van der Waals surface area contributed by atoms with E-state index in [1.54, 1.807) is 37.3 Å². The van der Waals surface area contributed by atoms with Gasteiger partial charge in [-0.05, 0) is 42.8 Å². The van der Waals surface area contributed by atoms with Gasteiger partial charge in [0.2, 0.25) is 5.91 Å². The summed E-state index contributed by atoms with van der Waals surface area (Å²) < 4.78 is 31.3. The Balaban J connectivity index is 1.86. The summed E-state index contributed by atoms with van der Waals surface area (Å²) in [5, 5.41) is 5.17. The van der Waals surface area contributed by atoms with Gasteiger partial charge in [0.05, 0.1) is 18.8 Å². The number of carbonyl (C=O) groups excluding carboxylic acids is 2. The number of halogens is 2. The summed E-state index contributed by atoms with van der Waals surface area (Å²) in [5.74, 6) is -2.28. The second-order valence-corrected chi connectivity index (χ2v) is 5.23. The molecule has 2 aromatic carbocycles. The van der Waals surface area contributed by atoms with Crippen LogP contribution in [-0.4, -0.2) is 25.0 Å². The van der Waals surface area contributed by atoms with Gasteiger partial charge in [0.1, 0.15) is 11.6 Å². The fraction of sp³-hybridized carbons (Fsp3) is 0.158. The highest BCUT2D eigenvalue weighted by Gasteiger charge is 2.08. The summed E-state index contributed by atoms with van der Waals surface area (Å²) in [6, 6.07) is 9.78. The van der Waals surface area contributed by atoms with Crippen molar-refractivity contribution in [3.8, 4) is 0 Å². The molecule has 5 nitrogen and oxygen atoms in total. The third-order valence-electron chi connectivity index (χ3n) is 3.26. The van der Waals surface area contributed by atoms with Crippen LogP contribution in [0.15, 0.2) is 48.5 Å². The Hall–Kier alpha value is -3.22. The molecule has 0 unspecified atom stereocenters. The third kappa shape index (κ3) is 6.01. The SMILES string of the molecule is CCOC(=O)/C=C/c1ccc(NCC(=O)Nc2cc(F)ccc2F)cc1. The Labute approximate surface area is 149 Å².